The van der Waals surface area contributed by atoms with E-state index >= 15 is 0 Å². The first-order valence-electron chi connectivity index (χ1n) is 4.34. The fourth-order valence-electron chi connectivity index (χ4n) is 1.04. The van der Waals surface area contributed by atoms with Gasteiger partial charge in [-0.15, -0.1) is 0 Å². The molecule has 0 aliphatic rings. The third-order valence-corrected chi connectivity index (χ3v) is 2.02. The van der Waals surface area contributed by atoms with E-state index in [-0.39, 0.29) is 6.04 Å². The average molecular weight is 193 g/mol. The first-order chi connectivity index (χ1) is 6.81. The highest BCUT2D eigenvalue weighted by Gasteiger charge is 2.13. The fraction of sp³-hybridized carbons (Fsp3) is 0.333. The molecule has 0 aromatic carbocycles. The molecule has 0 aliphatic carbocycles. The molecule has 2 aromatic heterocycles. The standard InChI is InChI=1S/C9H11N3O2/c1-6(10-2)9-11-8(12-14-9)7-3-4-13-5-7/h3-6,10H,1-2H3/t6-/m0/s1. The van der Waals surface area contributed by atoms with E-state index in [2.05, 4.69) is 15.5 Å². The van der Waals surface area contributed by atoms with E-state index in [1.54, 1.807) is 18.6 Å². The molecule has 0 unspecified atom stereocenters. The summed E-state index contributed by atoms with van der Waals surface area (Å²) in [5, 5.41) is 6.86. The molecule has 2 aromatic rings. The molecule has 0 spiro atoms. The quantitative estimate of drug-likeness (QED) is 0.802. The predicted octanol–water partition coefficient (Wildman–Crippen LogP) is 1.61. The zero-order valence-corrected chi connectivity index (χ0v) is 8.02. The van der Waals surface area contributed by atoms with Crippen molar-refractivity contribution in [2.24, 2.45) is 0 Å². The number of hydrogen-bond donors (Lipinski definition) is 1. The van der Waals surface area contributed by atoms with Gasteiger partial charge in [0.2, 0.25) is 11.7 Å². The molecular formula is C9H11N3O2. The van der Waals surface area contributed by atoms with Crippen LogP contribution in [0.25, 0.3) is 11.4 Å². The summed E-state index contributed by atoms with van der Waals surface area (Å²) in [6, 6.07) is 1.85. The highest BCUT2D eigenvalue weighted by Crippen LogP contribution is 2.18. The molecule has 0 amide bonds. The van der Waals surface area contributed by atoms with E-state index < -0.39 is 0 Å². The molecule has 0 saturated heterocycles. The number of hydrogen-bond acceptors (Lipinski definition) is 5. The van der Waals surface area contributed by atoms with Crippen molar-refractivity contribution in [3.05, 3.63) is 24.5 Å². The summed E-state index contributed by atoms with van der Waals surface area (Å²) >= 11 is 0. The molecule has 5 nitrogen and oxygen atoms in total. The zero-order chi connectivity index (χ0) is 9.97. The van der Waals surface area contributed by atoms with Crippen LogP contribution in [-0.4, -0.2) is 17.2 Å². The Kier molecular flexibility index (Phi) is 2.32. The third kappa shape index (κ3) is 1.54. The molecule has 0 aliphatic heterocycles. The topological polar surface area (TPSA) is 64.1 Å². The summed E-state index contributed by atoms with van der Waals surface area (Å²) in [7, 11) is 1.84. The molecule has 0 saturated carbocycles. The molecule has 14 heavy (non-hydrogen) atoms. The second-order valence-electron chi connectivity index (χ2n) is 2.98. The minimum Gasteiger partial charge on any atom is -0.472 e. The first-order valence-corrected chi connectivity index (χ1v) is 4.34. The van der Waals surface area contributed by atoms with Gasteiger partial charge in [0.1, 0.15) is 6.26 Å². The molecule has 0 bridgehead atoms. The Labute approximate surface area is 81.1 Å². The van der Waals surface area contributed by atoms with Crippen molar-refractivity contribution >= 4 is 0 Å². The Hall–Kier alpha value is -1.62. The van der Waals surface area contributed by atoms with Crippen LogP contribution in [0.1, 0.15) is 18.9 Å². The van der Waals surface area contributed by atoms with Crippen molar-refractivity contribution in [1.82, 2.24) is 15.5 Å². The molecule has 0 fully saturated rings. The third-order valence-electron chi connectivity index (χ3n) is 2.02. The van der Waals surface area contributed by atoms with Gasteiger partial charge in [-0.1, -0.05) is 5.16 Å². The molecular weight excluding hydrogens is 182 g/mol. The van der Waals surface area contributed by atoms with Gasteiger partial charge < -0.3 is 14.3 Å². The summed E-state index contributed by atoms with van der Waals surface area (Å²) < 4.78 is 10.0. The van der Waals surface area contributed by atoms with E-state index in [1.807, 2.05) is 14.0 Å². The summed E-state index contributed by atoms with van der Waals surface area (Å²) in [6.45, 7) is 1.95. The Morgan fingerprint density at radius 2 is 2.36 bits per heavy atom. The number of rotatable bonds is 3. The van der Waals surface area contributed by atoms with E-state index in [4.69, 9.17) is 8.94 Å². The van der Waals surface area contributed by atoms with Gasteiger partial charge in [-0.2, -0.15) is 4.98 Å². The van der Waals surface area contributed by atoms with Crippen LogP contribution < -0.4 is 5.32 Å². The second kappa shape index (κ2) is 3.63. The van der Waals surface area contributed by atoms with E-state index in [1.165, 1.54) is 0 Å². The van der Waals surface area contributed by atoms with Crippen LogP contribution in [0, 0.1) is 0 Å². The van der Waals surface area contributed by atoms with Crippen LogP contribution in [0.3, 0.4) is 0 Å². The summed E-state index contributed by atoms with van der Waals surface area (Å²) in [4.78, 5) is 4.22. The van der Waals surface area contributed by atoms with Crippen LogP contribution in [0.5, 0.6) is 0 Å². The van der Waals surface area contributed by atoms with Gasteiger partial charge in [-0.05, 0) is 20.0 Å². The molecule has 0 radical (unpaired) electrons. The molecule has 2 rings (SSSR count). The van der Waals surface area contributed by atoms with Crippen LogP contribution in [0.4, 0.5) is 0 Å². The van der Waals surface area contributed by atoms with Gasteiger partial charge in [0.15, 0.2) is 0 Å². The van der Waals surface area contributed by atoms with Gasteiger partial charge >= 0.3 is 0 Å². The Bertz CT molecular complexity index is 394. The molecule has 1 atom stereocenters. The lowest BCUT2D eigenvalue weighted by Gasteiger charge is -2.01. The number of aromatic nitrogens is 2. The maximum atomic E-state index is 5.08. The monoisotopic (exact) mass is 193 g/mol. The summed E-state index contributed by atoms with van der Waals surface area (Å²) in [5.74, 6) is 1.12. The largest absolute Gasteiger partial charge is 0.472 e. The van der Waals surface area contributed by atoms with E-state index in [0.29, 0.717) is 11.7 Å². The lowest BCUT2D eigenvalue weighted by molar-refractivity contribution is 0.347. The number of nitrogens with zero attached hydrogens (tertiary/aromatic N) is 2. The molecule has 2 heterocycles. The molecule has 74 valence electrons. The van der Waals surface area contributed by atoms with E-state index in [0.717, 1.165) is 5.56 Å². The molecule has 5 heteroatoms. The second-order valence-corrected chi connectivity index (χ2v) is 2.98. The van der Waals surface area contributed by atoms with Crippen molar-refractivity contribution in [2.45, 2.75) is 13.0 Å². The van der Waals surface area contributed by atoms with Crippen LogP contribution in [0.15, 0.2) is 27.5 Å². The fourth-order valence-corrected chi connectivity index (χ4v) is 1.04. The van der Waals surface area contributed by atoms with Crippen LogP contribution >= 0.6 is 0 Å². The maximum absolute atomic E-state index is 5.08. The van der Waals surface area contributed by atoms with Crippen LogP contribution in [-0.2, 0) is 0 Å². The minimum atomic E-state index is 0.0585. The lowest BCUT2D eigenvalue weighted by atomic mass is 10.3. The highest BCUT2D eigenvalue weighted by atomic mass is 16.5. The van der Waals surface area contributed by atoms with Gasteiger partial charge in [0, 0.05) is 0 Å². The first kappa shape index (κ1) is 8.96. The maximum Gasteiger partial charge on any atom is 0.243 e. The van der Waals surface area contributed by atoms with Crippen molar-refractivity contribution < 1.29 is 8.94 Å². The highest BCUT2D eigenvalue weighted by molar-refractivity contribution is 5.51. The zero-order valence-electron chi connectivity index (χ0n) is 8.02. The van der Waals surface area contributed by atoms with Gasteiger partial charge in [0.25, 0.3) is 0 Å². The van der Waals surface area contributed by atoms with E-state index in [9.17, 15) is 0 Å². The van der Waals surface area contributed by atoms with Crippen molar-refractivity contribution in [3.63, 3.8) is 0 Å². The van der Waals surface area contributed by atoms with Crippen molar-refractivity contribution in [1.29, 1.82) is 0 Å². The Morgan fingerprint density at radius 1 is 1.50 bits per heavy atom. The average Bonchev–Trinajstić information content (AvgIpc) is 2.86. The molecule has 1 N–H and O–H groups in total. The number of furan rings is 1. The SMILES string of the molecule is CN[C@@H](C)c1nc(-c2ccoc2)no1. The Balaban J connectivity index is 2.26. The summed E-state index contributed by atoms with van der Waals surface area (Å²) in [6.07, 6.45) is 3.16. The normalized spacial score (nSPS) is 13.0. The number of nitrogens with one attached hydrogen (secondary N) is 1. The smallest absolute Gasteiger partial charge is 0.243 e. The Morgan fingerprint density at radius 3 is 3.00 bits per heavy atom. The van der Waals surface area contributed by atoms with Crippen molar-refractivity contribution in [2.75, 3.05) is 7.05 Å². The van der Waals surface area contributed by atoms with Gasteiger partial charge in [-0.3, -0.25) is 0 Å². The predicted molar refractivity (Wildman–Crippen MR) is 49.5 cm³/mol. The minimum absolute atomic E-state index is 0.0585. The van der Waals surface area contributed by atoms with Gasteiger partial charge in [-0.25, -0.2) is 0 Å². The van der Waals surface area contributed by atoms with Crippen molar-refractivity contribution in [3.8, 4) is 11.4 Å². The van der Waals surface area contributed by atoms with Crippen LogP contribution in [0.2, 0.25) is 0 Å². The van der Waals surface area contributed by atoms with Gasteiger partial charge in [0.05, 0.1) is 17.9 Å². The lowest BCUT2D eigenvalue weighted by Crippen LogP contribution is -2.12. The summed E-state index contributed by atoms with van der Waals surface area (Å²) in [5.41, 5.74) is 0.823.